The lowest BCUT2D eigenvalue weighted by molar-refractivity contribution is 0.109. The molecule has 0 amide bonds. The third kappa shape index (κ3) is 2.57. The molecule has 0 aliphatic rings. The normalized spacial score (nSPS) is 12.6. The van der Waals surface area contributed by atoms with E-state index in [4.69, 9.17) is 15.0 Å². The molecule has 1 heterocycles. The summed E-state index contributed by atoms with van der Waals surface area (Å²) in [7, 11) is 1.61. The number of rotatable bonds is 5. The van der Waals surface area contributed by atoms with Gasteiger partial charge in [0.15, 0.2) is 0 Å². The van der Waals surface area contributed by atoms with E-state index in [0.717, 1.165) is 17.5 Å². The van der Waals surface area contributed by atoms with Crippen LogP contribution in [-0.4, -0.2) is 23.8 Å². The van der Waals surface area contributed by atoms with E-state index in [1.54, 1.807) is 7.11 Å². The maximum atomic E-state index is 5.60. The molecule has 2 aromatic rings. The predicted molar refractivity (Wildman–Crippen MR) is 67.9 cm³/mol. The Labute approximate surface area is 106 Å². The standard InChI is InChI=1S/C13H17N3O2/c1-9(17-2)12-15-13(18-16-12)11-6-4-3-5-10(11)7-8-14/h3-6,9H,7-8,14H2,1-2H3. The van der Waals surface area contributed by atoms with Crippen LogP contribution in [0.3, 0.4) is 0 Å². The van der Waals surface area contributed by atoms with Crippen molar-refractivity contribution in [1.82, 2.24) is 10.1 Å². The lowest BCUT2D eigenvalue weighted by Gasteiger charge is -2.04. The van der Waals surface area contributed by atoms with Crippen LogP contribution in [0.4, 0.5) is 0 Å². The number of hydrogen-bond acceptors (Lipinski definition) is 5. The number of methoxy groups -OCH3 is 1. The highest BCUT2D eigenvalue weighted by Crippen LogP contribution is 2.24. The molecular formula is C13H17N3O2. The topological polar surface area (TPSA) is 74.2 Å². The molecule has 0 bridgehead atoms. The van der Waals surface area contributed by atoms with Gasteiger partial charge in [0, 0.05) is 12.7 Å². The van der Waals surface area contributed by atoms with Gasteiger partial charge in [0.2, 0.25) is 5.82 Å². The monoisotopic (exact) mass is 247 g/mol. The molecule has 2 N–H and O–H groups in total. The van der Waals surface area contributed by atoms with Gasteiger partial charge in [0.1, 0.15) is 6.10 Å². The minimum absolute atomic E-state index is 0.177. The van der Waals surface area contributed by atoms with Crippen molar-refractivity contribution in [2.75, 3.05) is 13.7 Å². The Hall–Kier alpha value is -1.72. The van der Waals surface area contributed by atoms with Crippen molar-refractivity contribution in [3.05, 3.63) is 35.7 Å². The Kier molecular flexibility index (Phi) is 4.07. The van der Waals surface area contributed by atoms with Crippen molar-refractivity contribution in [3.63, 3.8) is 0 Å². The number of ether oxygens (including phenoxy) is 1. The number of aromatic nitrogens is 2. The van der Waals surface area contributed by atoms with Crippen molar-refractivity contribution in [2.24, 2.45) is 5.73 Å². The molecule has 1 aromatic heterocycles. The van der Waals surface area contributed by atoms with E-state index in [-0.39, 0.29) is 6.10 Å². The molecule has 1 aromatic carbocycles. The van der Waals surface area contributed by atoms with Gasteiger partial charge in [0.05, 0.1) is 0 Å². The second-order valence-corrected chi connectivity index (χ2v) is 4.03. The molecular weight excluding hydrogens is 230 g/mol. The number of benzene rings is 1. The lowest BCUT2D eigenvalue weighted by atomic mass is 10.0. The summed E-state index contributed by atoms with van der Waals surface area (Å²) in [5.74, 6) is 1.06. The van der Waals surface area contributed by atoms with E-state index in [1.807, 2.05) is 31.2 Å². The average Bonchev–Trinajstić information content (AvgIpc) is 2.88. The molecule has 2 rings (SSSR count). The summed E-state index contributed by atoms with van der Waals surface area (Å²) in [6.07, 6.45) is 0.609. The first-order valence-corrected chi connectivity index (χ1v) is 5.91. The summed E-state index contributed by atoms with van der Waals surface area (Å²) >= 11 is 0. The minimum atomic E-state index is -0.177. The molecule has 0 spiro atoms. The zero-order valence-corrected chi connectivity index (χ0v) is 10.6. The third-order valence-electron chi connectivity index (χ3n) is 2.82. The number of nitrogens with two attached hydrogens (primary N) is 1. The van der Waals surface area contributed by atoms with Crippen LogP contribution in [-0.2, 0) is 11.2 Å². The highest BCUT2D eigenvalue weighted by molar-refractivity contribution is 5.58. The van der Waals surface area contributed by atoms with Gasteiger partial charge >= 0.3 is 0 Å². The van der Waals surface area contributed by atoms with E-state index in [2.05, 4.69) is 10.1 Å². The van der Waals surface area contributed by atoms with Crippen LogP contribution in [0.1, 0.15) is 24.4 Å². The van der Waals surface area contributed by atoms with Crippen LogP contribution in [0.2, 0.25) is 0 Å². The molecule has 1 unspecified atom stereocenters. The Morgan fingerprint density at radius 3 is 2.89 bits per heavy atom. The Morgan fingerprint density at radius 1 is 1.39 bits per heavy atom. The maximum absolute atomic E-state index is 5.60. The lowest BCUT2D eigenvalue weighted by Crippen LogP contribution is -2.04. The summed E-state index contributed by atoms with van der Waals surface area (Å²) in [6, 6.07) is 7.90. The number of hydrogen-bond donors (Lipinski definition) is 1. The fourth-order valence-electron chi connectivity index (χ4n) is 1.72. The van der Waals surface area contributed by atoms with Crippen LogP contribution >= 0.6 is 0 Å². The van der Waals surface area contributed by atoms with Crippen molar-refractivity contribution in [3.8, 4) is 11.5 Å². The van der Waals surface area contributed by atoms with Crippen molar-refractivity contribution < 1.29 is 9.26 Å². The van der Waals surface area contributed by atoms with Gasteiger partial charge in [-0.05, 0) is 31.5 Å². The molecule has 18 heavy (non-hydrogen) atoms. The Bertz CT molecular complexity index is 510. The summed E-state index contributed by atoms with van der Waals surface area (Å²) in [5.41, 5.74) is 7.64. The van der Waals surface area contributed by atoms with Crippen molar-refractivity contribution in [1.29, 1.82) is 0 Å². The molecule has 5 nitrogen and oxygen atoms in total. The molecule has 0 saturated heterocycles. The molecule has 0 fully saturated rings. The zero-order chi connectivity index (χ0) is 13.0. The quantitative estimate of drug-likeness (QED) is 0.874. The largest absolute Gasteiger partial charge is 0.374 e. The van der Waals surface area contributed by atoms with Gasteiger partial charge in [-0.15, -0.1) is 0 Å². The molecule has 0 radical (unpaired) electrons. The van der Waals surface area contributed by atoms with Gasteiger partial charge in [-0.1, -0.05) is 23.4 Å². The summed E-state index contributed by atoms with van der Waals surface area (Å²) in [5, 5.41) is 3.92. The maximum Gasteiger partial charge on any atom is 0.258 e. The second-order valence-electron chi connectivity index (χ2n) is 4.03. The zero-order valence-electron chi connectivity index (χ0n) is 10.6. The fourth-order valence-corrected chi connectivity index (χ4v) is 1.72. The van der Waals surface area contributed by atoms with E-state index in [1.165, 1.54) is 0 Å². The number of nitrogens with zero attached hydrogens (tertiary/aromatic N) is 2. The molecule has 0 aliphatic heterocycles. The van der Waals surface area contributed by atoms with Crippen LogP contribution in [0.25, 0.3) is 11.5 Å². The smallest absolute Gasteiger partial charge is 0.258 e. The van der Waals surface area contributed by atoms with Crippen LogP contribution in [0.5, 0.6) is 0 Å². The molecule has 0 aliphatic carbocycles. The van der Waals surface area contributed by atoms with Gasteiger partial charge in [-0.2, -0.15) is 4.98 Å². The molecule has 0 saturated carbocycles. The van der Waals surface area contributed by atoms with Gasteiger partial charge in [0.25, 0.3) is 5.89 Å². The van der Waals surface area contributed by atoms with Crippen molar-refractivity contribution in [2.45, 2.75) is 19.4 Å². The van der Waals surface area contributed by atoms with Crippen molar-refractivity contribution >= 4 is 0 Å². The summed E-state index contributed by atoms with van der Waals surface area (Å²) in [4.78, 5) is 4.35. The average molecular weight is 247 g/mol. The Morgan fingerprint density at radius 2 is 2.17 bits per heavy atom. The van der Waals surface area contributed by atoms with E-state index < -0.39 is 0 Å². The highest BCUT2D eigenvalue weighted by Gasteiger charge is 2.15. The van der Waals surface area contributed by atoms with E-state index >= 15 is 0 Å². The summed E-state index contributed by atoms with van der Waals surface area (Å²) in [6.45, 7) is 2.47. The third-order valence-corrected chi connectivity index (χ3v) is 2.82. The first-order chi connectivity index (χ1) is 8.76. The van der Waals surface area contributed by atoms with E-state index in [0.29, 0.717) is 18.3 Å². The minimum Gasteiger partial charge on any atom is -0.374 e. The predicted octanol–water partition coefficient (Wildman–Crippen LogP) is 1.95. The van der Waals surface area contributed by atoms with E-state index in [9.17, 15) is 0 Å². The first-order valence-electron chi connectivity index (χ1n) is 5.91. The van der Waals surface area contributed by atoms with Gasteiger partial charge in [-0.25, -0.2) is 0 Å². The summed E-state index contributed by atoms with van der Waals surface area (Å²) < 4.78 is 10.4. The van der Waals surface area contributed by atoms with Crippen LogP contribution in [0.15, 0.2) is 28.8 Å². The highest BCUT2D eigenvalue weighted by atomic mass is 16.5. The second kappa shape index (κ2) is 5.75. The Balaban J connectivity index is 2.33. The molecule has 1 atom stereocenters. The first kappa shape index (κ1) is 12.7. The molecule has 5 heteroatoms. The van der Waals surface area contributed by atoms with Crippen LogP contribution in [0, 0.1) is 0 Å². The van der Waals surface area contributed by atoms with Gasteiger partial charge in [-0.3, -0.25) is 0 Å². The van der Waals surface area contributed by atoms with Gasteiger partial charge < -0.3 is 15.0 Å². The van der Waals surface area contributed by atoms with Crippen LogP contribution < -0.4 is 5.73 Å². The fraction of sp³-hybridized carbons (Fsp3) is 0.385. The SMILES string of the molecule is COC(C)c1noc(-c2ccccc2CCN)n1. The molecule has 96 valence electrons.